The van der Waals surface area contributed by atoms with E-state index in [0.717, 1.165) is 30.8 Å². The monoisotopic (exact) mass is 361 g/mol. The standard InChI is InChI=1S/C19H24ClN3O2/c1-12(2)18-17(19(24)21-11-14-7-6-10-25-14)13(3)22-23(18)16-9-5-4-8-15(16)20/h4-5,8-9,12,14H,6-7,10-11H2,1-3H3,(H,21,24)/t14-/m1/s1. The maximum atomic E-state index is 12.8. The normalized spacial score (nSPS) is 17.2. The Labute approximate surface area is 153 Å². The third-order valence-corrected chi connectivity index (χ3v) is 4.78. The Morgan fingerprint density at radius 1 is 1.44 bits per heavy atom. The fourth-order valence-corrected chi connectivity index (χ4v) is 3.48. The van der Waals surface area contributed by atoms with E-state index in [0.29, 0.717) is 22.8 Å². The van der Waals surface area contributed by atoms with Crippen molar-refractivity contribution < 1.29 is 9.53 Å². The van der Waals surface area contributed by atoms with E-state index in [1.165, 1.54) is 0 Å². The first-order chi connectivity index (χ1) is 12.0. The summed E-state index contributed by atoms with van der Waals surface area (Å²) in [6.07, 6.45) is 2.17. The summed E-state index contributed by atoms with van der Waals surface area (Å²) < 4.78 is 7.38. The number of amides is 1. The van der Waals surface area contributed by atoms with Crippen molar-refractivity contribution in [1.82, 2.24) is 15.1 Å². The maximum absolute atomic E-state index is 12.8. The van der Waals surface area contributed by atoms with E-state index in [1.807, 2.05) is 31.2 Å². The molecular formula is C19H24ClN3O2. The fraction of sp³-hybridized carbons (Fsp3) is 0.474. The highest BCUT2D eigenvalue weighted by Crippen LogP contribution is 2.29. The number of carbonyl (C=O) groups excluding carboxylic acids is 1. The van der Waals surface area contributed by atoms with Crippen molar-refractivity contribution in [3.8, 4) is 5.69 Å². The van der Waals surface area contributed by atoms with E-state index in [-0.39, 0.29) is 17.9 Å². The summed E-state index contributed by atoms with van der Waals surface area (Å²) in [6.45, 7) is 7.29. The van der Waals surface area contributed by atoms with Crippen LogP contribution in [0.15, 0.2) is 24.3 Å². The molecule has 0 radical (unpaired) electrons. The van der Waals surface area contributed by atoms with Crippen LogP contribution in [0, 0.1) is 6.92 Å². The molecule has 1 amide bonds. The number of aromatic nitrogens is 2. The van der Waals surface area contributed by atoms with Gasteiger partial charge in [0, 0.05) is 13.2 Å². The van der Waals surface area contributed by atoms with Crippen molar-refractivity contribution in [2.75, 3.05) is 13.2 Å². The summed E-state index contributed by atoms with van der Waals surface area (Å²) in [7, 11) is 0. The molecule has 0 spiro atoms. The zero-order valence-corrected chi connectivity index (χ0v) is 15.6. The van der Waals surface area contributed by atoms with Crippen LogP contribution in [0.3, 0.4) is 0 Å². The second kappa shape index (κ2) is 7.58. The number of halogens is 1. The van der Waals surface area contributed by atoms with Crippen LogP contribution in [0.4, 0.5) is 0 Å². The molecule has 2 heterocycles. The molecular weight excluding hydrogens is 338 g/mol. The lowest BCUT2D eigenvalue weighted by Gasteiger charge is -2.15. The van der Waals surface area contributed by atoms with Gasteiger partial charge in [-0.3, -0.25) is 4.79 Å². The summed E-state index contributed by atoms with van der Waals surface area (Å²) in [5, 5.41) is 8.22. The fourth-order valence-electron chi connectivity index (χ4n) is 3.27. The number of ether oxygens (including phenoxy) is 1. The lowest BCUT2D eigenvalue weighted by atomic mass is 10.0. The van der Waals surface area contributed by atoms with E-state index >= 15 is 0 Å². The number of aryl methyl sites for hydroxylation is 1. The third kappa shape index (κ3) is 3.72. The molecule has 134 valence electrons. The number of benzene rings is 1. The molecule has 1 N–H and O–H groups in total. The first-order valence-electron chi connectivity index (χ1n) is 8.73. The van der Waals surface area contributed by atoms with Crippen molar-refractivity contribution in [1.29, 1.82) is 0 Å². The maximum Gasteiger partial charge on any atom is 0.255 e. The van der Waals surface area contributed by atoms with Gasteiger partial charge in [0.05, 0.1) is 33.8 Å². The Hall–Kier alpha value is -1.85. The van der Waals surface area contributed by atoms with Crippen LogP contribution in [0.1, 0.15) is 54.4 Å². The average Bonchev–Trinajstić information content (AvgIpc) is 3.20. The number of rotatable bonds is 5. The molecule has 25 heavy (non-hydrogen) atoms. The van der Waals surface area contributed by atoms with Gasteiger partial charge in [-0.1, -0.05) is 37.6 Å². The smallest absolute Gasteiger partial charge is 0.255 e. The molecule has 1 aliphatic heterocycles. The Morgan fingerprint density at radius 3 is 2.84 bits per heavy atom. The van der Waals surface area contributed by atoms with Crippen LogP contribution in [0.25, 0.3) is 5.69 Å². The summed E-state index contributed by atoms with van der Waals surface area (Å²) in [5.74, 6) is 0.0240. The van der Waals surface area contributed by atoms with Gasteiger partial charge in [-0.25, -0.2) is 4.68 Å². The number of carbonyl (C=O) groups is 1. The zero-order chi connectivity index (χ0) is 18.0. The van der Waals surface area contributed by atoms with Crippen molar-refractivity contribution in [2.45, 2.75) is 45.6 Å². The molecule has 0 bridgehead atoms. The van der Waals surface area contributed by atoms with Gasteiger partial charge in [-0.15, -0.1) is 0 Å². The van der Waals surface area contributed by atoms with E-state index in [1.54, 1.807) is 4.68 Å². The van der Waals surface area contributed by atoms with Gasteiger partial charge in [0.15, 0.2) is 0 Å². The molecule has 1 aliphatic rings. The molecule has 0 aliphatic carbocycles. The second-order valence-electron chi connectivity index (χ2n) is 6.71. The molecule has 0 unspecified atom stereocenters. The lowest BCUT2D eigenvalue weighted by Crippen LogP contribution is -2.32. The molecule has 1 aromatic carbocycles. The molecule has 3 rings (SSSR count). The van der Waals surface area contributed by atoms with Gasteiger partial charge in [0.2, 0.25) is 0 Å². The number of hydrogen-bond donors (Lipinski definition) is 1. The minimum absolute atomic E-state index is 0.102. The van der Waals surface area contributed by atoms with E-state index in [2.05, 4.69) is 24.3 Å². The molecule has 5 nitrogen and oxygen atoms in total. The first kappa shape index (κ1) is 18.0. The van der Waals surface area contributed by atoms with Crippen LogP contribution in [0.5, 0.6) is 0 Å². The Kier molecular flexibility index (Phi) is 5.45. The highest BCUT2D eigenvalue weighted by molar-refractivity contribution is 6.32. The van der Waals surface area contributed by atoms with Gasteiger partial charge < -0.3 is 10.1 Å². The van der Waals surface area contributed by atoms with Crippen LogP contribution in [-0.2, 0) is 4.74 Å². The summed E-state index contributed by atoms with van der Waals surface area (Å²) in [6, 6.07) is 7.54. The molecule has 0 saturated carbocycles. The van der Waals surface area contributed by atoms with Gasteiger partial charge in [0.25, 0.3) is 5.91 Å². The second-order valence-corrected chi connectivity index (χ2v) is 7.12. The average molecular weight is 362 g/mol. The van der Waals surface area contributed by atoms with Gasteiger partial charge >= 0.3 is 0 Å². The van der Waals surface area contributed by atoms with E-state index in [9.17, 15) is 4.79 Å². The minimum atomic E-state index is -0.102. The SMILES string of the molecule is Cc1nn(-c2ccccc2Cl)c(C(C)C)c1C(=O)NC[C@H]1CCCO1. The molecule has 1 aromatic heterocycles. The summed E-state index contributed by atoms with van der Waals surface area (Å²) in [5.41, 5.74) is 2.99. The highest BCUT2D eigenvalue weighted by atomic mass is 35.5. The highest BCUT2D eigenvalue weighted by Gasteiger charge is 2.26. The summed E-state index contributed by atoms with van der Waals surface area (Å²) in [4.78, 5) is 12.8. The van der Waals surface area contributed by atoms with Crippen LogP contribution >= 0.6 is 11.6 Å². The zero-order valence-electron chi connectivity index (χ0n) is 14.9. The Bertz CT molecular complexity index is 764. The predicted octanol–water partition coefficient (Wildman–Crippen LogP) is 3.87. The Balaban J connectivity index is 1.93. The topological polar surface area (TPSA) is 56.2 Å². The van der Waals surface area contributed by atoms with Crippen molar-refractivity contribution in [3.05, 3.63) is 46.2 Å². The molecule has 2 aromatic rings. The lowest BCUT2D eigenvalue weighted by molar-refractivity contribution is 0.0856. The first-order valence-corrected chi connectivity index (χ1v) is 9.11. The Morgan fingerprint density at radius 2 is 2.20 bits per heavy atom. The van der Waals surface area contributed by atoms with Crippen molar-refractivity contribution >= 4 is 17.5 Å². The van der Waals surface area contributed by atoms with E-state index < -0.39 is 0 Å². The van der Waals surface area contributed by atoms with Crippen LogP contribution in [-0.4, -0.2) is 34.9 Å². The largest absolute Gasteiger partial charge is 0.376 e. The minimum Gasteiger partial charge on any atom is -0.376 e. The third-order valence-electron chi connectivity index (χ3n) is 4.46. The number of nitrogens with zero attached hydrogens (tertiary/aromatic N) is 2. The van der Waals surface area contributed by atoms with Crippen LogP contribution in [0.2, 0.25) is 5.02 Å². The van der Waals surface area contributed by atoms with Gasteiger partial charge in [0.1, 0.15) is 0 Å². The number of para-hydroxylation sites is 1. The number of nitrogens with one attached hydrogen (secondary N) is 1. The predicted molar refractivity (Wildman–Crippen MR) is 98.7 cm³/mol. The number of hydrogen-bond acceptors (Lipinski definition) is 3. The van der Waals surface area contributed by atoms with E-state index in [4.69, 9.17) is 16.3 Å². The van der Waals surface area contributed by atoms with Crippen molar-refractivity contribution in [3.63, 3.8) is 0 Å². The van der Waals surface area contributed by atoms with Crippen LogP contribution < -0.4 is 5.32 Å². The summed E-state index contributed by atoms with van der Waals surface area (Å²) >= 11 is 6.35. The van der Waals surface area contributed by atoms with Gasteiger partial charge in [-0.05, 0) is 37.8 Å². The molecule has 1 atom stereocenters. The molecule has 6 heteroatoms. The molecule has 1 fully saturated rings. The van der Waals surface area contributed by atoms with Gasteiger partial charge in [-0.2, -0.15) is 5.10 Å². The molecule has 1 saturated heterocycles. The van der Waals surface area contributed by atoms with Crippen molar-refractivity contribution in [2.24, 2.45) is 0 Å². The quantitative estimate of drug-likeness (QED) is 0.879.